The van der Waals surface area contributed by atoms with E-state index in [1.165, 1.54) is 5.56 Å². The maximum Gasteiger partial charge on any atom is 0.0465 e. The predicted molar refractivity (Wildman–Crippen MR) is 87.6 cm³/mol. The van der Waals surface area contributed by atoms with E-state index in [-0.39, 0.29) is 0 Å². The Labute approximate surface area is 128 Å². The summed E-state index contributed by atoms with van der Waals surface area (Å²) in [6, 6.07) is 8.19. The smallest absolute Gasteiger partial charge is 0.0465 e. The zero-order valence-electron chi connectivity index (χ0n) is 13.2. The van der Waals surface area contributed by atoms with Crippen LogP contribution >= 0.6 is 11.6 Å². The Kier molecular flexibility index (Phi) is 8.20. The van der Waals surface area contributed by atoms with Crippen molar-refractivity contribution in [3.63, 3.8) is 0 Å². The van der Waals surface area contributed by atoms with Crippen LogP contribution in [-0.4, -0.2) is 26.8 Å². The third kappa shape index (κ3) is 5.82. The number of rotatable bonds is 9. The van der Waals surface area contributed by atoms with E-state index >= 15 is 0 Å². The number of ether oxygens (including phenoxy) is 1. The van der Waals surface area contributed by atoms with Gasteiger partial charge in [0.2, 0.25) is 0 Å². The number of hydrogen-bond acceptors (Lipinski definition) is 2. The molecule has 0 bridgehead atoms. The van der Waals surface area contributed by atoms with Crippen LogP contribution in [0.2, 0.25) is 5.02 Å². The lowest BCUT2D eigenvalue weighted by Crippen LogP contribution is -2.29. The molecule has 0 fully saturated rings. The predicted octanol–water partition coefficient (Wildman–Crippen LogP) is 4.34. The van der Waals surface area contributed by atoms with E-state index in [0.717, 1.165) is 31.1 Å². The average molecular weight is 298 g/mol. The van der Waals surface area contributed by atoms with E-state index in [4.69, 9.17) is 16.3 Å². The molecule has 0 heterocycles. The van der Waals surface area contributed by atoms with Crippen molar-refractivity contribution in [3.8, 4) is 0 Å². The van der Waals surface area contributed by atoms with Gasteiger partial charge >= 0.3 is 0 Å². The molecule has 114 valence electrons. The topological polar surface area (TPSA) is 21.3 Å². The molecule has 0 aromatic heterocycles. The molecular formula is C17H28ClNO. The summed E-state index contributed by atoms with van der Waals surface area (Å²) in [6.45, 7) is 9.54. The zero-order chi connectivity index (χ0) is 15.0. The van der Waals surface area contributed by atoms with E-state index < -0.39 is 0 Å². The molecular weight excluding hydrogens is 270 g/mol. The summed E-state index contributed by atoms with van der Waals surface area (Å²) in [5.41, 5.74) is 1.24. The van der Waals surface area contributed by atoms with Crippen LogP contribution in [0.3, 0.4) is 0 Å². The molecule has 2 atom stereocenters. The Bertz CT molecular complexity index is 381. The van der Waals surface area contributed by atoms with Gasteiger partial charge in [0.15, 0.2) is 0 Å². The van der Waals surface area contributed by atoms with Crippen molar-refractivity contribution in [2.75, 3.05) is 26.8 Å². The van der Waals surface area contributed by atoms with Gasteiger partial charge in [-0.05, 0) is 36.4 Å². The molecule has 0 aliphatic heterocycles. The maximum atomic E-state index is 6.38. The summed E-state index contributed by atoms with van der Waals surface area (Å²) in [7, 11) is 1.76. The summed E-state index contributed by atoms with van der Waals surface area (Å²) >= 11 is 6.38. The van der Waals surface area contributed by atoms with Gasteiger partial charge < -0.3 is 10.1 Å². The van der Waals surface area contributed by atoms with Gasteiger partial charge in [0, 0.05) is 31.2 Å². The molecule has 1 rings (SSSR count). The number of nitrogens with one attached hydrogen (secondary N) is 1. The Morgan fingerprint density at radius 1 is 1.15 bits per heavy atom. The van der Waals surface area contributed by atoms with Gasteiger partial charge in [-0.15, -0.1) is 0 Å². The third-order valence-electron chi connectivity index (χ3n) is 3.69. The van der Waals surface area contributed by atoms with Gasteiger partial charge in [0.25, 0.3) is 0 Å². The summed E-state index contributed by atoms with van der Waals surface area (Å²) in [6.07, 6.45) is 1.05. The molecule has 0 saturated heterocycles. The number of methoxy groups -OCH3 is 1. The fourth-order valence-corrected chi connectivity index (χ4v) is 2.70. The van der Waals surface area contributed by atoms with Crippen molar-refractivity contribution in [1.82, 2.24) is 5.32 Å². The molecule has 1 N–H and O–H groups in total. The van der Waals surface area contributed by atoms with Gasteiger partial charge in [-0.1, -0.05) is 50.6 Å². The van der Waals surface area contributed by atoms with Crippen LogP contribution in [-0.2, 0) is 4.74 Å². The van der Waals surface area contributed by atoms with Crippen molar-refractivity contribution in [2.45, 2.75) is 33.1 Å². The quantitative estimate of drug-likeness (QED) is 0.732. The Hall–Kier alpha value is -0.570. The summed E-state index contributed by atoms with van der Waals surface area (Å²) in [4.78, 5) is 0. The van der Waals surface area contributed by atoms with Crippen molar-refractivity contribution in [3.05, 3.63) is 34.9 Å². The van der Waals surface area contributed by atoms with E-state index in [2.05, 4.69) is 38.2 Å². The van der Waals surface area contributed by atoms with Crippen molar-refractivity contribution in [1.29, 1.82) is 0 Å². The molecule has 20 heavy (non-hydrogen) atoms. The van der Waals surface area contributed by atoms with Crippen LogP contribution in [0.5, 0.6) is 0 Å². The van der Waals surface area contributed by atoms with E-state index in [1.807, 2.05) is 12.1 Å². The van der Waals surface area contributed by atoms with Gasteiger partial charge in [-0.2, -0.15) is 0 Å². The van der Waals surface area contributed by atoms with Gasteiger partial charge in [-0.3, -0.25) is 0 Å². The normalized spacial score (nSPS) is 14.5. The molecule has 0 saturated carbocycles. The molecule has 0 amide bonds. The second-order valence-electron chi connectivity index (χ2n) is 5.94. The van der Waals surface area contributed by atoms with Crippen LogP contribution in [0.4, 0.5) is 0 Å². The van der Waals surface area contributed by atoms with Crippen molar-refractivity contribution in [2.24, 2.45) is 11.8 Å². The van der Waals surface area contributed by atoms with Crippen LogP contribution in [0.25, 0.3) is 0 Å². The first-order valence-corrected chi connectivity index (χ1v) is 7.88. The fourth-order valence-electron chi connectivity index (χ4n) is 2.43. The summed E-state index contributed by atoms with van der Waals surface area (Å²) < 4.78 is 5.22. The van der Waals surface area contributed by atoms with Crippen LogP contribution in [0, 0.1) is 11.8 Å². The third-order valence-corrected chi connectivity index (χ3v) is 4.03. The second kappa shape index (κ2) is 9.38. The molecule has 1 aromatic rings. The van der Waals surface area contributed by atoms with Crippen molar-refractivity contribution < 1.29 is 4.74 Å². The van der Waals surface area contributed by atoms with E-state index in [1.54, 1.807) is 7.11 Å². The molecule has 0 aliphatic carbocycles. The highest BCUT2D eigenvalue weighted by Gasteiger charge is 2.21. The molecule has 0 spiro atoms. The first kappa shape index (κ1) is 17.5. The number of halogens is 1. The largest absolute Gasteiger partial charge is 0.385 e. The lowest BCUT2D eigenvalue weighted by Gasteiger charge is -2.26. The van der Waals surface area contributed by atoms with Gasteiger partial charge in [-0.25, -0.2) is 0 Å². The van der Waals surface area contributed by atoms with Crippen molar-refractivity contribution >= 4 is 11.6 Å². The standard InChI is InChI=1S/C17H28ClNO/c1-13(2)11-19-12-16(14(3)9-10-20-4)15-7-5-6-8-17(15)18/h5-8,13-14,16,19H,9-12H2,1-4H3. The minimum Gasteiger partial charge on any atom is -0.385 e. The lowest BCUT2D eigenvalue weighted by molar-refractivity contribution is 0.173. The van der Waals surface area contributed by atoms with E-state index in [9.17, 15) is 0 Å². The summed E-state index contributed by atoms with van der Waals surface area (Å²) in [5, 5.41) is 4.44. The average Bonchev–Trinajstić information content (AvgIpc) is 2.42. The highest BCUT2D eigenvalue weighted by atomic mass is 35.5. The Morgan fingerprint density at radius 2 is 1.85 bits per heavy atom. The Morgan fingerprint density at radius 3 is 2.45 bits per heavy atom. The molecule has 0 aliphatic rings. The Balaban J connectivity index is 2.75. The molecule has 0 radical (unpaired) electrons. The second-order valence-corrected chi connectivity index (χ2v) is 6.35. The molecule has 2 nitrogen and oxygen atoms in total. The van der Waals surface area contributed by atoms with Crippen LogP contribution in [0.15, 0.2) is 24.3 Å². The first-order valence-electron chi connectivity index (χ1n) is 7.50. The van der Waals surface area contributed by atoms with Gasteiger partial charge in [0.05, 0.1) is 0 Å². The number of benzene rings is 1. The highest BCUT2D eigenvalue weighted by molar-refractivity contribution is 6.31. The van der Waals surface area contributed by atoms with Gasteiger partial charge in [0.1, 0.15) is 0 Å². The fraction of sp³-hybridized carbons (Fsp3) is 0.647. The monoisotopic (exact) mass is 297 g/mol. The van der Waals surface area contributed by atoms with Crippen LogP contribution in [0.1, 0.15) is 38.7 Å². The molecule has 1 aromatic carbocycles. The minimum absolute atomic E-state index is 0.428. The molecule has 2 unspecified atom stereocenters. The molecule has 3 heteroatoms. The maximum absolute atomic E-state index is 6.38. The lowest BCUT2D eigenvalue weighted by atomic mass is 9.85. The minimum atomic E-state index is 0.428. The van der Waals surface area contributed by atoms with E-state index in [0.29, 0.717) is 17.8 Å². The zero-order valence-corrected chi connectivity index (χ0v) is 13.9. The number of hydrogen-bond donors (Lipinski definition) is 1. The SMILES string of the molecule is COCCC(C)C(CNCC(C)C)c1ccccc1Cl. The highest BCUT2D eigenvalue weighted by Crippen LogP contribution is 2.31. The first-order chi connectivity index (χ1) is 9.56. The van der Waals surface area contributed by atoms with Crippen LogP contribution < -0.4 is 5.32 Å². The summed E-state index contributed by atoms with van der Waals surface area (Å²) in [5.74, 6) is 1.63.